The largest absolute Gasteiger partial charge is 0.372 e. The molecule has 1 fully saturated rings. The van der Waals surface area contributed by atoms with Crippen molar-refractivity contribution in [2.45, 2.75) is 18.8 Å². The molecule has 0 amide bonds. The van der Waals surface area contributed by atoms with Crippen molar-refractivity contribution in [1.29, 1.82) is 0 Å². The summed E-state index contributed by atoms with van der Waals surface area (Å²) in [5, 5.41) is 3.36. The average Bonchev–Trinajstić information content (AvgIpc) is 3.24. The highest BCUT2D eigenvalue weighted by molar-refractivity contribution is 9.10. The number of halogens is 3. The summed E-state index contributed by atoms with van der Waals surface area (Å²) in [6.45, 7) is 0. The van der Waals surface area contributed by atoms with Crippen LogP contribution in [-0.4, -0.2) is 17.0 Å². The summed E-state index contributed by atoms with van der Waals surface area (Å²) in [5.41, 5.74) is 1.62. The fourth-order valence-corrected chi connectivity index (χ4v) is 3.00. The monoisotopic (exact) mass is 355 g/mol. The molecule has 20 heavy (non-hydrogen) atoms. The first-order valence-corrected chi connectivity index (χ1v) is 7.48. The van der Waals surface area contributed by atoms with Gasteiger partial charge in [0.2, 0.25) is 0 Å². The molecule has 104 valence electrons. The van der Waals surface area contributed by atoms with Crippen LogP contribution in [0.15, 0.2) is 22.7 Å². The lowest BCUT2D eigenvalue weighted by Crippen LogP contribution is -2.03. The molecule has 0 atom stereocenters. The van der Waals surface area contributed by atoms with Gasteiger partial charge in [0.25, 0.3) is 0 Å². The number of hydrogen-bond acceptors (Lipinski definition) is 3. The Labute approximate surface area is 129 Å². The lowest BCUT2D eigenvalue weighted by Gasteiger charge is -2.11. The van der Waals surface area contributed by atoms with Crippen LogP contribution in [0.4, 0.5) is 10.2 Å². The maximum atomic E-state index is 13.1. The highest BCUT2D eigenvalue weighted by atomic mass is 79.9. The molecule has 1 aliphatic rings. The molecule has 3 nitrogen and oxygen atoms in total. The Morgan fingerprint density at radius 3 is 2.70 bits per heavy atom. The summed E-state index contributed by atoms with van der Waals surface area (Å²) in [6, 6.07) is 4.25. The summed E-state index contributed by atoms with van der Waals surface area (Å²) in [4.78, 5) is 9.05. The van der Waals surface area contributed by atoms with Gasteiger partial charge in [-0.15, -0.1) is 0 Å². The topological polar surface area (TPSA) is 37.8 Å². The van der Waals surface area contributed by atoms with Crippen LogP contribution in [0, 0.1) is 5.82 Å². The minimum absolute atomic E-state index is 0.316. The van der Waals surface area contributed by atoms with E-state index in [4.69, 9.17) is 11.6 Å². The molecule has 1 heterocycles. The summed E-state index contributed by atoms with van der Waals surface area (Å²) in [7, 11) is 1.81. The quantitative estimate of drug-likeness (QED) is 0.872. The molecule has 0 unspecified atom stereocenters. The van der Waals surface area contributed by atoms with Gasteiger partial charge in [0.1, 0.15) is 11.6 Å². The summed E-state index contributed by atoms with van der Waals surface area (Å²) >= 11 is 9.63. The second-order valence-electron chi connectivity index (χ2n) is 4.74. The van der Waals surface area contributed by atoms with Crippen molar-refractivity contribution >= 4 is 33.3 Å². The van der Waals surface area contributed by atoms with Crippen LogP contribution in [0.3, 0.4) is 0 Å². The van der Waals surface area contributed by atoms with Gasteiger partial charge < -0.3 is 5.32 Å². The van der Waals surface area contributed by atoms with Crippen molar-refractivity contribution in [2.24, 2.45) is 0 Å². The summed E-state index contributed by atoms with van der Waals surface area (Å²) in [5.74, 6) is 1.34. The number of rotatable bonds is 3. The zero-order valence-corrected chi connectivity index (χ0v) is 13.1. The Kier molecular flexibility index (Phi) is 3.65. The van der Waals surface area contributed by atoms with Gasteiger partial charge >= 0.3 is 0 Å². The van der Waals surface area contributed by atoms with Crippen LogP contribution in [0.25, 0.3) is 11.4 Å². The minimum atomic E-state index is -0.368. The zero-order valence-electron chi connectivity index (χ0n) is 10.8. The van der Waals surface area contributed by atoms with Crippen LogP contribution in [-0.2, 0) is 0 Å². The second-order valence-corrected chi connectivity index (χ2v) is 5.94. The van der Waals surface area contributed by atoms with E-state index < -0.39 is 0 Å². The summed E-state index contributed by atoms with van der Waals surface area (Å²) < 4.78 is 14.0. The molecule has 1 aromatic carbocycles. The van der Waals surface area contributed by atoms with Crippen LogP contribution < -0.4 is 5.32 Å². The number of nitrogens with one attached hydrogen (secondary N) is 1. The van der Waals surface area contributed by atoms with Crippen molar-refractivity contribution in [3.63, 3.8) is 0 Å². The standard InChI is InChI=1S/C14H12BrClFN3/c1-18-14-11(15)12(7-2-3-7)19-13(20-14)9-5-4-8(17)6-10(9)16/h4-7H,2-3H2,1H3,(H,18,19,20). The number of anilines is 1. The maximum Gasteiger partial charge on any atom is 0.163 e. The van der Waals surface area contributed by atoms with Crippen LogP contribution in [0.5, 0.6) is 0 Å². The molecule has 1 saturated carbocycles. The highest BCUT2D eigenvalue weighted by Gasteiger charge is 2.29. The zero-order chi connectivity index (χ0) is 14.3. The van der Waals surface area contributed by atoms with Gasteiger partial charge in [0.05, 0.1) is 15.2 Å². The van der Waals surface area contributed by atoms with Crippen LogP contribution >= 0.6 is 27.5 Å². The molecule has 0 aliphatic heterocycles. The third-order valence-corrected chi connectivity index (χ3v) is 4.34. The molecule has 0 spiro atoms. The van der Waals surface area contributed by atoms with E-state index in [1.54, 1.807) is 13.1 Å². The highest BCUT2D eigenvalue weighted by Crippen LogP contribution is 2.44. The Bertz CT molecular complexity index is 674. The number of aromatic nitrogens is 2. The van der Waals surface area contributed by atoms with Gasteiger partial charge in [0, 0.05) is 18.5 Å². The Hall–Kier alpha value is -1.20. The molecule has 0 saturated heterocycles. The Balaban J connectivity index is 2.15. The molecule has 0 radical (unpaired) electrons. The third-order valence-electron chi connectivity index (χ3n) is 3.25. The smallest absolute Gasteiger partial charge is 0.163 e. The maximum absolute atomic E-state index is 13.1. The summed E-state index contributed by atoms with van der Waals surface area (Å²) in [6.07, 6.45) is 2.27. The predicted molar refractivity (Wildman–Crippen MR) is 81.7 cm³/mol. The molecular formula is C14H12BrClFN3. The van der Waals surface area contributed by atoms with E-state index >= 15 is 0 Å². The lowest BCUT2D eigenvalue weighted by molar-refractivity contribution is 0.628. The van der Waals surface area contributed by atoms with Crippen molar-refractivity contribution in [3.8, 4) is 11.4 Å². The van der Waals surface area contributed by atoms with E-state index in [9.17, 15) is 4.39 Å². The van der Waals surface area contributed by atoms with E-state index in [0.29, 0.717) is 22.3 Å². The normalized spacial score (nSPS) is 14.4. The average molecular weight is 357 g/mol. The van der Waals surface area contributed by atoms with Crippen molar-refractivity contribution in [1.82, 2.24) is 9.97 Å². The van der Waals surface area contributed by atoms with E-state index in [1.807, 2.05) is 0 Å². The van der Waals surface area contributed by atoms with Crippen molar-refractivity contribution in [2.75, 3.05) is 12.4 Å². The first-order valence-electron chi connectivity index (χ1n) is 6.30. The SMILES string of the molecule is CNc1nc(-c2ccc(F)cc2Cl)nc(C2CC2)c1Br. The minimum Gasteiger partial charge on any atom is -0.372 e. The number of benzene rings is 1. The van der Waals surface area contributed by atoms with Gasteiger partial charge in [-0.2, -0.15) is 0 Å². The Morgan fingerprint density at radius 1 is 1.35 bits per heavy atom. The first-order chi connectivity index (χ1) is 9.60. The third kappa shape index (κ3) is 2.52. The molecule has 1 aromatic heterocycles. The van der Waals surface area contributed by atoms with Gasteiger partial charge in [0.15, 0.2) is 5.82 Å². The number of nitrogens with zero attached hydrogens (tertiary/aromatic N) is 2. The fraction of sp³-hybridized carbons (Fsp3) is 0.286. The molecule has 6 heteroatoms. The molecule has 1 N–H and O–H groups in total. The van der Waals surface area contributed by atoms with Crippen LogP contribution in [0.2, 0.25) is 5.02 Å². The predicted octanol–water partition coefficient (Wildman–Crippen LogP) is 4.62. The first kappa shape index (κ1) is 13.8. The van der Waals surface area contributed by atoms with Crippen molar-refractivity contribution in [3.05, 3.63) is 39.2 Å². The molecule has 3 rings (SSSR count). The van der Waals surface area contributed by atoms with E-state index in [1.165, 1.54) is 12.1 Å². The van der Waals surface area contributed by atoms with Gasteiger partial charge in [-0.3, -0.25) is 0 Å². The lowest BCUT2D eigenvalue weighted by atomic mass is 10.2. The van der Waals surface area contributed by atoms with E-state index in [-0.39, 0.29) is 5.82 Å². The molecule has 1 aliphatic carbocycles. The number of hydrogen-bond donors (Lipinski definition) is 1. The molecular weight excluding hydrogens is 345 g/mol. The van der Waals surface area contributed by atoms with E-state index in [2.05, 4.69) is 31.2 Å². The molecule has 0 bridgehead atoms. The van der Waals surface area contributed by atoms with Gasteiger partial charge in [-0.05, 0) is 47.0 Å². The van der Waals surface area contributed by atoms with Crippen molar-refractivity contribution < 1.29 is 4.39 Å². The van der Waals surface area contributed by atoms with Gasteiger partial charge in [-0.1, -0.05) is 11.6 Å². The Morgan fingerprint density at radius 2 is 2.10 bits per heavy atom. The molecule has 2 aromatic rings. The van der Waals surface area contributed by atoms with E-state index in [0.717, 1.165) is 28.8 Å². The van der Waals surface area contributed by atoms with Gasteiger partial charge in [-0.25, -0.2) is 14.4 Å². The second kappa shape index (κ2) is 5.30. The fourth-order valence-electron chi connectivity index (χ4n) is 2.05. The van der Waals surface area contributed by atoms with Crippen LogP contribution in [0.1, 0.15) is 24.5 Å².